The van der Waals surface area contributed by atoms with E-state index in [0.717, 1.165) is 37.3 Å². The Morgan fingerprint density at radius 1 is 1.31 bits per heavy atom. The Bertz CT molecular complexity index is 769. The van der Waals surface area contributed by atoms with Crippen LogP contribution in [0, 0.1) is 12.8 Å². The first kappa shape index (κ1) is 21.5. The van der Waals surface area contributed by atoms with Gasteiger partial charge in [-0.3, -0.25) is 4.79 Å². The van der Waals surface area contributed by atoms with Crippen molar-refractivity contribution in [2.45, 2.75) is 32.8 Å². The number of aryl methyl sites for hydroxylation is 1. The summed E-state index contributed by atoms with van der Waals surface area (Å²) in [4.78, 5) is 14.8. The van der Waals surface area contributed by atoms with E-state index in [1.165, 1.54) is 12.8 Å². The molecule has 1 aromatic heterocycles. The van der Waals surface area contributed by atoms with E-state index in [2.05, 4.69) is 15.4 Å². The molecule has 0 aliphatic carbocycles. The Morgan fingerprint density at radius 2 is 2.03 bits per heavy atom. The Hall–Kier alpha value is -2.22. The summed E-state index contributed by atoms with van der Waals surface area (Å²) in [6.07, 6.45) is 1.37. The number of nitrogens with one attached hydrogen (secondary N) is 1. The van der Waals surface area contributed by atoms with Gasteiger partial charge in [0, 0.05) is 31.3 Å². The highest BCUT2D eigenvalue weighted by atomic mass is 16.5. The van der Waals surface area contributed by atoms with Crippen LogP contribution >= 0.6 is 0 Å². The molecule has 7 nitrogen and oxygen atoms in total. The lowest BCUT2D eigenvalue weighted by Crippen LogP contribution is -2.37. The zero-order valence-electron chi connectivity index (χ0n) is 17.3. The Kier molecular flexibility index (Phi) is 7.80. The molecule has 0 spiro atoms. The number of ether oxygens (including phenoxy) is 1. The molecule has 0 bridgehead atoms. The van der Waals surface area contributed by atoms with E-state index < -0.39 is 18.0 Å². The zero-order valence-corrected chi connectivity index (χ0v) is 17.3. The molecule has 1 aliphatic heterocycles. The second-order valence-corrected chi connectivity index (χ2v) is 7.54. The maximum atomic E-state index is 12.4. The van der Waals surface area contributed by atoms with E-state index in [0.29, 0.717) is 12.2 Å². The van der Waals surface area contributed by atoms with Gasteiger partial charge in [-0.05, 0) is 39.8 Å². The van der Waals surface area contributed by atoms with Gasteiger partial charge >= 0.3 is 5.97 Å². The van der Waals surface area contributed by atoms with Crippen molar-refractivity contribution in [2.75, 3.05) is 39.3 Å². The highest BCUT2D eigenvalue weighted by Gasteiger charge is 2.32. The van der Waals surface area contributed by atoms with Crippen molar-refractivity contribution in [3.63, 3.8) is 0 Å². The van der Waals surface area contributed by atoms with E-state index in [9.17, 15) is 9.90 Å². The molecule has 3 rings (SSSR count). The number of benzene rings is 1. The van der Waals surface area contributed by atoms with Crippen LogP contribution in [0.4, 0.5) is 0 Å². The number of rotatable bonds is 10. The molecule has 2 unspecified atom stereocenters. The lowest BCUT2D eigenvalue weighted by atomic mass is 9.99. The molecule has 2 atom stereocenters. The fraction of sp³-hybridized carbons (Fsp3) is 0.545. The Morgan fingerprint density at radius 3 is 2.72 bits per heavy atom. The average Bonchev–Trinajstić information content (AvgIpc) is 3.40. The summed E-state index contributed by atoms with van der Waals surface area (Å²) in [5, 5.41) is 18.1. The zero-order chi connectivity index (χ0) is 20.6. The molecule has 1 saturated heterocycles. The minimum atomic E-state index is -1.12. The van der Waals surface area contributed by atoms with Crippen molar-refractivity contribution in [3.05, 3.63) is 41.7 Å². The number of aliphatic hydroxyl groups excluding tert-OH is 1. The molecule has 2 aromatic rings. The van der Waals surface area contributed by atoms with Gasteiger partial charge in [0.15, 0.2) is 5.76 Å². The molecule has 0 radical (unpaired) electrons. The molecule has 1 aromatic carbocycles. The third kappa shape index (κ3) is 5.88. The lowest BCUT2D eigenvalue weighted by molar-refractivity contribution is -0.152. The molecule has 0 amide bonds. The van der Waals surface area contributed by atoms with Crippen LogP contribution in [-0.4, -0.2) is 60.5 Å². The van der Waals surface area contributed by atoms with E-state index in [-0.39, 0.29) is 12.4 Å². The molecule has 29 heavy (non-hydrogen) atoms. The van der Waals surface area contributed by atoms with Gasteiger partial charge in [0.05, 0.1) is 6.61 Å². The van der Waals surface area contributed by atoms with E-state index in [4.69, 9.17) is 9.26 Å². The van der Waals surface area contributed by atoms with Gasteiger partial charge in [0.25, 0.3) is 0 Å². The minimum Gasteiger partial charge on any atom is -0.466 e. The maximum absolute atomic E-state index is 12.4. The topological polar surface area (TPSA) is 87.8 Å². The number of likely N-dealkylation sites (tertiary alicyclic amines) is 1. The molecule has 158 valence electrons. The van der Waals surface area contributed by atoms with E-state index >= 15 is 0 Å². The summed E-state index contributed by atoms with van der Waals surface area (Å²) in [5.41, 5.74) is 2.68. The van der Waals surface area contributed by atoms with Crippen molar-refractivity contribution in [1.82, 2.24) is 15.4 Å². The van der Waals surface area contributed by atoms with E-state index in [1.54, 1.807) is 13.0 Å². The molecule has 0 saturated carbocycles. The Labute approximate surface area is 172 Å². The van der Waals surface area contributed by atoms with Gasteiger partial charge in [-0.1, -0.05) is 35.0 Å². The first-order valence-corrected chi connectivity index (χ1v) is 10.4. The second-order valence-electron chi connectivity index (χ2n) is 7.54. The van der Waals surface area contributed by atoms with Gasteiger partial charge in [-0.25, -0.2) is 0 Å². The van der Waals surface area contributed by atoms with Crippen LogP contribution in [0.15, 0.2) is 34.9 Å². The van der Waals surface area contributed by atoms with Gasteiger partial charge in [-0.2, -0.15) is 0 Å². The number of hydrogen-bond donors (Lipinski definition) is 2. The molecular weight excluding hydrogens is 370 g/mol. The van der Waals surface area contributed by atoms with Crippen molar-refractivity contribution in [3.8, 4) is 11.3 Å². The number of aliphatic hydroxyl groups is 1. The van der Waals surface area contributed by atoms with Crippen LogP contribution < -0.4 is 5.32 Å². The SMILES string of the molecule is CCOC(=O)C(CNCCN1CCCC1)C(O)c1cc(-c2ccc(C)cc2)no1. The first-order valence-electron chi connectivity index (χ1n) is 10.4. The minimum absolute atomic E-state index is 0.264. The van der Waals surface area contributed by atoms with Crippen LogP contribution in [0.3, 0.4) is 0 Å². The fourth-order valence-electron chi connectivity index (χ4n) is 3.56. The number of hydrogen-bond acceptors (Lipinski definition) is 7. The van der Waals surface area contributed by atoms with Crippen molar-refractivity contribution in [1.29, 1.82) is 0 Å². The molecular formula is C22H31N3O4. The summed E-state index contributed by atoms with van der Waals surface area (Å²) in [6.45, 7) is 8.31. The number of carbonyl (C=O) groups is 1. The van der Waals surface area contributed by atoms with Crippen molar-refractivity contribution >= 4 is 5.97 Å². The summed E-state index contributed by atoms with van der Waals surface area (Å²) in [7, 11) is 0. The summed E-state index contributed by atoms with van der Waals surface area (Å²) in [6, 6.07) is 9.57. The van der Waals surface area contributed by atoms with Crippen LogP contribution in [0.1, 0.15) is 37.2 Å². The monoisotopic (exact) mass is 401 g/mol. The third-order valence-electron chi connectivity index (χ3n) is 5.31. The normalized spacial score (nSPS) is 16.7. The van der Waals surface area contributed by atoms with Crippen LogP contribution in [0.2, 0.25) is 0 Å². The van der Waals surface area contributed by atoms with Gasteiger partial charge < -0.3 is 24.6 Å². The lowest BCUT2D eigenvalue weighted by Gasteiger charge is -2.21. The highest BCUT2D eigenvalue weighted by Crippen LogP contribution is 2.27. The van der Waals surface area contributed by atoms with Gasteiger partial charge in [0.2, 0.25) is 0 Å². The predicted molar refractivity (Wildman–Crippen MR) is 110 cm³/mol. The Balaban J connectivity index is 1.63. The van der Waals surface area contributed by atoms with Crippen molar-refractivity contribution < 1.29 is 19.2 Å². The van der Waals surface area contributed by atoms with Gasteiger partial charge in [-0.15, -0.1) is 0 Å². The van der Waals surface area contributed by atoms with Crippen LogP contribution in [-0.2, 0) is 9.53 Å². The number of nitrogens with zero attached hydrogens (tertiary/aromatic N) is 2. The quantitative estimate of drug-likeness (QED) is 0.467. The summed E-state index contributed by atoms with van der Waals surface area (Å²) >= 11 is 0. The number of esters is 1. The predicted octanol–water partition coefficient (Wildman–Crippen LogP) is 2.55. The first-order chi connectivity index (χ1) is 14.1. The third-order valence-corrected chi connectivity index (χ3v) is 5.31. The standard InChI is InChI=1S/C22H31N3O4/c1-3-28-22(27)18(15-23-10-13-25-11-4-5-12-25)21(26)20-14-19(24-29-20)17-8-6-16(2)7-9-17/h6-9,14,18,21,23,26H,3-5,10-13,15H2,1-2H3. The fourth-order valence-corrected chi connectivity index (χ4v) is 3.56. The molecule has 2 N–H and O–H groups in total. The number of carbonyl (C=O) groups excluding carboxylic acids is 1. The highest BCUT2D eigenvalue weighted by molar-refractivity contribution is 5.73. The number of aromatic nitrogens is 1. The molecule has 7 heteroatoms. The van der Waals surface area contributed by atoms with E-state index in [1.807, 2.05) is 31.2 Å². The average molecular weight is 402 g/mol. The summed E-state index contributed by atoms with van der Waals surface area (Å²) < 4.78 is 10.5. The maximum Gasteiger partial charge on any atom is 0.313 e. The van der Waals surface area contributed by atoms with Crippen molar-refractivity contribution in [2.24, 2.45) is 5.92 Å². The molecule has 1 fully saturated rings. The van der Waals surface area contributed by atoms with Gasteiger partial charge in [0.1, 0.15) is 17.7 Å². The largest absolute Gasteiger partial charge is 0.466 e. The molecule has 2 heterocycles. The molecule has 1 aliphatic rings. The summed E-state index contributed by atoms with van der Waals surface area (Å²) in [5.74, 6) is -0.936. The smallest absolute Gasteiger partial charge is 0.313 e. The van der Waals surface area contributed by atoms with Crippen LogP contribution in [0.25, 0.3) is 11.3 Å². The van der Waals surface area contributed by atoms with Crippen LogP contribution in [0.5, 0.6) is 0 Å². The second kappa shape index (κ2) is 10.5.